The van der Waals surface area contributed by atoms with Gasteiger partial charge in [-0.1, -0.05) is 18.2 Å². The van der Waals surface area contributed by atoms with E-state index in [9.17, 15) is 27.9 Å². The molecule has 10 nitrogen and oxygen atoms in total. The second kappa shape index (κ2) is 11.0. The number of sulfone groups is 1. The van der Waals surface area contributed by atoms with Gasteiger partial charge in [0.05, 0.1) is 17.8 Å². The molecular weight excluding hydrogens is 464 g/mol. The van der Waals surface area contributed by atoms with Gasteiger partial charge in [-0.2, -0.15) is 0 Å². The number of anilines is 1. The zero-order valence-corrected chi connectivity index (χ0v) is 20.2. The predicted octanol–water partition coefficient (Wildman–Crippen LogP) is 2.48. The summed E-state index contributed by atoms with van der Waals surface area (Å²) >= 11 is 0. The van der Waals surface area contributed by atoms with Crippen molar-refractivity contribution in [1.29, 1.82) is 0 Å². The van der Waals surface area contributed by atoms with Crippen LogP contribution in [0, 0.1) is 0 Å². The minimum absolute atomic E-state index is 0.117. The maximum Gasteiger partial charge on any atom is 0.415 e. The van der Waals surface area contributed by atoms with Gasteiger partial charge in [-0.05, 0) is 57.2 Å². The summed E-state index contributed by atoms with van der Waals surface area (Å²) < 4.78 is 35.7. The molecule has 0 radical (unpaired) electrons. The van der Waals surface area contributed by atoms with Gasteiger partial charge < -0.3 is 19.9 Å². The molecular formula is C23H28N2O8S. The first-order chi connectivity index (χ1) is 15.8. The van der Waals surface area contributed by atoms with Crippen molar-refractivity contribution in [3.8, 4) is 5.75 Å². The molecule has 2 aromatic carbocycles. The normalized spacial score (nSPS) is 12.4. The van der Waals surface area contributed by atoms with Crippen molar-refractivity contribution >= 4 is 33.5 Å². The average molecular weight is 493 g/mol. The average Bonchev–Trinajstić information content (AvgIpc) is 2.76. The Hall–Kier alpha value is -3.60. The number of carboxylic acid groups (broad SMARTS) is 1. The minimum Gasteiger partial charge on any atom is -0.497 e. The minimum atomic E-state index is -4.05. The number of rotatable bonds is 9. The topological polar surface area (TPSA) is 139 Å². The summed E-state index contributed by atoms with van der Waals surface area (Å²) in [5, 5.41) is 11.7. The summed E-state index contributed by atoms with van der Waals surface area (Å²) in [4.78, 5) is 38.0. The Morgan fingerprint density at radius 1 is 1.03 bits per heavy atom. The predicted molar refractivity (Wildman–Crippen MR) is 125 cm³/mol. The fourth-order valence-electron chi connectivity index (χ4n) is 2.84. The standard InChI is InChI=1S/C23H28N2O8S/c1-23(2,3)33-22(29)25(16-8-6-5-7-9-16)14-20(26)24-19(21(27)28)15-34(30,31)18-12-10-17(32-4)11-13-18/h5-13,19H,14-15H2,1-4H3,(H,24,26)(H,27,28). The summed E-state index contributed by atoms with van der Waals surface area (Å²) in [5.74, 6) is -2.84. The smallest absolute Gasteiger partial charge is 0.415 e. The number of hydrogen-bond acceptors (Lipinski definition) is 7. The summed E-state index contributed by atoms with van der Waals surface area (Å²) in [6.45, 7) is 4.42. The van der Waals surface area contributed by atoms with Crippen LogP contribution in [-0.2, 0) is 24.2 Å². The van der Waals surface area contributed by atoms with Crippen LogP contribution in [0.3, 0.4) is 0 Å². The molecule has 0 aliphatic carbocycles. The maximum atomic E-state index is 12.7. The van der Waals surface area contributed by atoms with Gasteiger partial charge in [-0.3, -0.25) is 9.69 Å². The molecule has 2 N–H and O–H groups in total. The molecule has 2 amide bonds. The van der Waals surface area contributed by atoms with Gasteiger partial charge in [0.2, 0.25) is 5.91 Å². The number of hydrogen-bond donors (Lipinski definition) is 2. The second-order valence-electron chi connectivity index (χ2n) is 8.32. The molecule has 1 unspecified atom stereocenters. The fourth-order valence-corrected chi connectivity index (χ4v) is 4.25. The number of carboxylic acids is 1. The molecule has 2 aromatic rings. The number of carbonyl (C=O) groups excluding carboxylic acids is 2. The number of methoxy groups -OCH3 is 1. The van der Waals surface area contributed by atoms with E-state index in [2.05, 4.69) is 5.32 Å². The van der Waals surface area contributed by atoms with Gasteiger partial charge in [0, 0.05) is 5.69 Å². The highest BCUT2D eigenvalue weighted by molar-refractivity contribution is 7.91. The molecule has 34 heavy (non-hydrogen) atoms. The summed E-state index contributed by atoms with van der Waals surface area (Å²) in [6, 6.07) is 11.9. The highest BCUT2D eigenvalue weighted by atomic mass is 32.2. The number of aliphatic carboxylic acids is 1. The number of para-hydroxylation sites is 1. The first kappa shape index (κ1) is 26.7. The Kier molecular flexibility index (Phi) is 8.63. The Balaban J connectivity index is 2.19. The van der Waals surface area contributed by atoms with E-state index in [0.29, 0.717) is 11.4 Å². The van der Waals surface area contributed by atoms with Crippen LogP contribution in [0.4, 0.5) is 10.5 Å². The van der Waals surface area contributed by atoms with Gasteiger partial charge in [-0.25, -0.2) is 18.0 Å². The van der Waals surface area contributed by atoms with Crippen LogP contribution in [0.5, 0.6) is 5.75 Å². The first-order valence-electron chi connectivity index (χ1n) is 10.3. The maximum absolute atomic E-state index is 12.7. The Morgan fingerprint density at radius 3 is 2.12 bits per heavy atom. The van der Waals surface area contributed by atoms with Crippen molar-refractivity contribution in [3.05, 3.63) is 54.6 Å². The molecule has 0 spiro atoms. The lowest BCUT2D eigenvalue weighted by Crippen LogP contribution is -2.50. The van der Waals surface area contributed by atoms with Gasteiger partial charge in [-0.15, -0.1) is 0 Å². The highest BCUT2D eigenvalue weighted by Gasteiger charge is 2.30. The lowest BCUT2D eigenvalue weighted by Gasteiger charge is -2.27. The van der Waals surface area contributed by atoms with Crippen LogP contribution in [0.25, 0.3) is 0 Å². The Labute approximate surface area is 198 Å². The number of carbonyl (C=O) groups is 3. The fraction of sp³-hybridized carbons (Fsp3) is 0.348. The van der Waals surface area contributed by atoms with E-state index in [4.69, 9.17) is 9.47 Å². The van der Waals surface area contributed by atoms with Gasteiger partial charge in [0.25, 0.3) is 0 Å². The quantitative estimate of drug-likeness (QED) is 0.544. The van der Waals surface area contributed by atoms with Crippen molar-refractivity contribution in [2.45, 2.75) is 37.3 Å². The van der Waals surface area contributed by atoms with Gasteiger partial charge >= 0.3 is 12.1 Å². The second-order valence-corrected chi connectivity index (χ2v) is 10.4. The van der Waals surface area contributed by atoms with Crippen molar-refractivity contribution in [2.75, 3.05) is 24.3 Å². The number of amides is 2. The molecule has 0 aliphatic heterocycles. The van der Waals surface area contributed by atoms with E-state index in [1.54, 1.807) is 51.1 Å². The summed E-state index contributed by atoms with van der Waals surface area (Å²) in [7, 11) is -2.63. The number of ether oxygens (including phenoxy) is 2. The van der Waals surface area contributed by atoms with Gasteiger partial charge in [0.1, 0.15) is 23.9 Å². The molecule has 2 rings (SSSR count). The molecule has 0 heterocycles. The molecule has 11 heteroatoms. The lowest BCUT2D eigenvalue weighted by atomic mass is 10.2. The third-order valence-electron chi connectivity index (χ3n) is 4.42. The van der Waals surface area contributed by atoms with E-state index < -0.39 is 51.7 Å². The van der Waals surface area contributed by atoms with Crippen LogP contribution in [0.2, 0.25) is 0 Å². The summed E-state index contributed by atoms with van der Waals surface area (Å²) in [6.07, 6.45) is -0.813. The zero-order valence-electron chi connectivity index (χ0n) is 19.3. The molecule has 0 fully saturated rings. The van der Waals surface area contributed by atoms with Crippen LogP contribution in [-0.4, -0.2) is 62.5 Å². The Bertz CT molecular complexity index is 1110. The monoisotopic (exact) mass is 492 g/mol. The Morgan fingerprint density at radius 2 is 1.62 bits per heavy atom. The third-order valence-corrected chi connectivity index (χ3v) is 6.18. The largest absolute Gasteiger partial charge is 0.497 e. The van der Waals surface area contributed by atoms with Crippen LogP contribution < -0.4 is 15.0 Å². The zero-order chi connectivity index (χ0) is 25.5. The molecule has 184 valence electrons. The van der Waals surface area contributed by atoms with Crippen molar-refractivity contribution in [3.63, 3.8) is 0 Å². The highest BCUT2D eigenvalue weighted by Crippen LogP contribution is 2.19. The van der Waals surface area contributed by atoms with Crippen molar-refractivity contribution in [2.24, 2.45) is 0 Å². The van der Waals surface area contributed by atoms with E-state index >= 15 is 0 Å². The van der Waals surface area contributed by atoms with Crippen molar-refractivity contribution in [1.82, 2.24) is 5.32 Å². The van der Waals surface area contributed by atoms with E-state index in [-0.39, 0.29) is 4.90 Å². The van der Waals surface area contributed by atoms with Crippen LogP contribution in [0.15, 0.2) is 59.5 Å². The lowest BCUT2D eigenvalue weighted by molar-refractivity contribution is -0.140. The van der Waals surface area contributed by atoms with E-state index in [1.165, 1.54) is 31.4 Å². The molecule has 0 aliphatic rings. The van der Waals surface area contributed by atoms with Crippen molar-refractivity contribution < 1.29 is 37.4 Å². The molecule has 0 aromatic heterocycles. The number of nitrogens with zero attached hydrogens (tertiary/aromatic N) is 1. The third kappa shape index (κ3) is 7.77. The molecule has 0 saturated heterocycles. The van der Waals surface area contributed by atoms with E-state index in [1.807, 2.05) is 0 Å². The van der Waals surface area contributed by atoms with Gasteiger partial charge in [0.15, 0.2) is 9.84 Å². The molecule has 0 bridgehead atoms. The van der Waals surface area contributed by atoms with Crippen LogP contribution in [0.1, 0.15) is 20.8 Å². The molecule has 1 atom stereocenters. The van der Waals surface area contributed by atoms with Crippen LogP contribution >= 0.6 is 0 Å². The number of benzene rings is 2. The SMILES string of the molecule is COc1ccc(S(=O)(=O)CC(NC(=O)CN(C(=O)OC(C)(C)C)c2ccccc2)C(=O)O)cc1. The number of nitrogens with one attached hydrogen (secondary N) is 1. The van der Waals surface area contributed by atoms with E-state index in [0.717, 1.165) is 4.90 Å². The first-order valence-corrected chi connectivity index (χ1v) is 11.9. The molecule has 0 saturated carbocycles. The summed E-state index contributed by atoms with van der Waals surface area (Å²) in [5.41, 5.74) is -0.485.